The summed E-state index contributed by atoms with van der Waals surface area (Å²) in [4.78, 5) is 0. The fourth-order valence-electron chi connectivity index (χ4n) is 2.07. The Morgan fingerprint density at radius 1 is 0.944 bits per heavy atom. The van der Waals surface area contributed by atoms with Gasteiger partial charge in [-0.05, 0) is 67.8 Å². The summed E-state index contributed by atoms with van der Waals surface area (Å²) in [6.45, 7) is 6.27. The van der Waals surface area contributed by atoms with E-state index in [4.69, 9.17) is 5.73 Å². The van der Waals surface area contributed by atoms with Crippen molar-refractivity contribution < 1.29 is 0 Å². The summed E-state index contributed by atoms with van der Waals surface area (Å²) < 4.78 is 1.11. The molecule has 3 heteroatoms. The van der Waals surface area contributed by atoms with E-state index in [1.165, 1.54) is 11.1 Å². The van der Waals surface area contributed by atoms with Crippen molar-refractivity contribution in [2.75, 3.05) is 11.1 Å². The molecule has 0 bridgehead atoms. The molecule has 2 aromatic carbocycles. The molecule has 0 heterocycles. The van der Waals surface area contributed by atoms with Crippen molar-refractivity contribution in [1.82, 2.24) is 0 Å². The predicted octanol–water partition coefficient (Wildman–Crippen LogP) is 4.70. The highest BCUT2D eigenvalue weighted by molar-refractivity contribution is 9.10. The number of hydrogen-bond donors (Lipinski definition) is 2. The van der Waals surface area contributed by atoms with Crippen molar-refractivity contribution in [3.05, 3.63) is 51.5 Å². The molecule has 0 fully saturated rings. The first-order valence-electron chi connectivity index (χ1n) is 5.87. The van der Waals surface area contributed by atoms with Gasteiger partial charge < -0.3 is 11.1 Å². The maximum atomic E-state index is 5.77. The number of nitrogens with one attached hydrogen (secondary N) is 1. The summed E-state index contributed by atoms with van der Waals surface area (Å²) in [5.41, 5.74) is 12.4. The van der Waals surface area contributed by atoms with Gasteiger partial charge in [-0.15, -0.1) is 0 Å². The molecule has 0 amide bonds. The lowest BCUT2D eigenvalue weighted by Gasteiger charge is -2.15. The minimum atomic E-state index is 0.794. The van der Waals surface area contributed by atoms with E-state index in [1.54, 1.807) is 0 Å². The zero-order valence-electron chi connectivity index (χ0n) is 10.8. The van der Waals surface area contributed by atoms with Crippen LogP contribution in [0.15, 0.2) is 34.8 Å². The smallest absolute Gasteiger partial charge is 0.0444 e. The first-order valence-corrected chi connectivity index (χ1v) is 6.66. The number of aryl methyl sites for hydroxylation is 3. The highest BCUT2D eigenvalue weighted by Gasteiger charge is 2.06. The van der Waals surface area contributed by atoms with Gasteiger partial charge in [-0.25, -0.2) is 0 Å². The number of benzene rings is 2. The Morgan fingerprint density at radius 3 is 2.11 bits per heavy atom. The molecule has 0 saturated heterocycles. The quantitative estimate of drug-likeness (QED) is 0.789. The maximum absolute atomic E-state index is 5.77. The largest absolute Gasteiger partial charge is 0.399 e. The first-order chi connectivity index (χ1) is 8.47. The van der Waals surface area contributed by atoms with Crippen LogP contribution >= 0.6 is 15.9 Å². The second-order valence-corrected chi connectivity index (χ2v) is 5.53. The molecule has 2 nitrogen and oxygen atoms in total. The zero-order valence-corrected chi connectivity index (χ0v) is 12.4. The summed E-state index contributed by atoms with van der Waals surface area (Å²) in [7, 11) is 0. The van der Waals surface area contributed by atoms with E-state index in [0.29, 0.717) is 0 Å². The minimum absolute atomic E-state index is 0.794. The van der Waals surface area contributed by atoms with Gasteiger partial charge in [0.25, 0.3) is 0 Å². The number of hydrogen-bond acceptors (Lipinski definition) is 2. The Bertz CT molecular complexity index is 568. The van der Waals surface area contributed by atoms with E-state index in [-0.39, 0.29) is 0 Å². The van der Waals surface area contributed by atoms with Gasteiger partial charge in [-0.1, -0.05) is 15.9 Å². The molecule has 18 heavy (non-hydrogen) atoms. The summed E-state index contributed by atoms with van der Waals surface area (Å²) in [5.74, 6) is 0. The van der Waals surface area contributed by atoms with Crippen LogP contribution in [-0.2, 0) is 0 Å². The zero-order chi connectivity index (χ0) is 13.3. The fourth-order valence-corrected chi connectivity index (χ4v) is 2.76. The summed E-state index contributed by atoms with van der Waals surface area (Å²) >= 11 is 3.51. The third kappa shape index (κ3) is 2.67. The molecule has 0 spiro atoms. The van der Waals surface area contributed by atoms with E-state index in [1.807, 2.05) is 18.2 Å². The molecule has 0 atom stereocenters. The average Bonchev–Trinajstić information content (AvgIpc) is 2.25. The Labute approximate surface area is 116 Å². The Balaban J connectivity index is 2.40. The molecule has 0 aliphatic carbocycles. The normalized spacial score (nSPS) is 10.4. The number of rotatable bonds is 2. The SMILES string of the molecule is Cc1cc(N)ccc1Nc1c(C)cc(Br)cc1C. The summed E-state index contributed by atoms with van der Waals surface area (Å²) in [6, 6.07) is 10.1. The monoisotopic (exact) mass is 304 g/mol. The Hall–Kier alpha value is -1.48. The van der Waals surface area contributed by atoms with Crippen molar-refractivity contribution in [3.8, 4) is 0 Å². The highest BCUT2D eigenvalue weighted by atomic mass is 79.9. The van der Waals surface area contributed by atoms with E-state index in [2.05, 4.69) is 54.2 Å². The summed E-state index contributed by atoms with van der Waals surface area (Å²) in [6.07, 6.45) is 0. The molecule has 94 valence electrons. The first kappa shape index (κ1) is 13.0. The molecule has 0 saturated carbocycles. The van der Waals surface area contributed by atoms with Crippen LogP contribution in [0, 0.1) is 20.8 Å². The van der Waals surface area contributed by atoms with E-state index in [9.17, 15) is 0 Å². The van der Waals surface area contributed by atoms with Crippen LogP contribution in [-0.4, -0.2) is 0 Å². The maximum Gasteiger partial charge on any atom is 0.0444 e. The topological polar surface area (TPSA) is 38.0 Å². The van der Waals surface area contributed by atoms with E-state index in [0.717, 1.165) is 27.1 Å². The molecular weight excluding hydrogens is 288 g/mol. The van der Waals surface area contributed by atoms with Crippen LogP contribution < -0.4 is 11.1 Å². The van der Waals surface area contributed by atoms with Crippen molar-refractivity contribution >= 4 is 33.0 Å². The minimum Gasteiger partial charge on any atom is -0.399 e. The fraction of sp³-hybridized carbons (Fsp3) is 0.200. The third-order valence-electron chi connectivity index (χ3n) is 3.01. The van der Waals surface area contributed by atoms with Crippen LogP contribution in [0.3, 0.4) is 0 Å². The standard InChI is InChI=1S/C15H17BrN2/c1-9-8-13(17)4-5-14(9)18-15-10(2)6-12(16)7-11(15)3/h4-8,18H,17H2,1-3H3. The molecule has 3 N–H and O–H groups in total. The molecule has 0 radical (unpaired) electrons. The molecule has 0 unspecified atom stereocenters. The highest BCUT2D eigenvalue weighted by Crippen LogP contribution is 2.29. The molecule has 2 rings (SSSR count). The van der Waals surface area contributed by atoms with Gasteiger partial charge in [0.15, 0.2) is 0 Å². The average molecular weight is 305 g/mol. The van der Waals surface area contributed by atoms with Crippen LogP contribution in [0.2, 0.25) is 0 Å². The van der Waals surface area contributed by atoms with Gasteiger partial charge in [0, 0.05) is 21.5 Å². The molecule has 0 aromatic heterocycles. The number of anilines is 3. The molecule has 2 aromatic rings. The van der Waals surface area contributed by atoms with Crippen LogP contribution in [0.4, 0.5) is 17.1 Å². The van der Waals surface area contributed by atoms with Crippen LogP contribution in [0.5, 0.6) is 0 Å². The van der Waals surface area contributed by atoms with E-state index < -0.39 is 0 Å². The molecule has 0 aliphatic rings. The van der Waals surface area contributed by atoms with Gasteiger partial charge in [-0.2, -0.15) is 0 Å². The summed E-state index contributed by atoms with van der Waals surface area (Å²) in [5, 5.41) is 3.49. The molecule has 0 aliphatic heterocycles. The van der Waals surface area contributed by atoms with Crippen LogP contribution in [0.25, 0.3) is 0 Å². The Kier molecular flexibility index (Phi) is 3.62. The van der Waals surface area contributed by atoms with Gasteiger partial charge in [0.1, 0.15) is 0 Å². The Morgan fingerprint density at radius 2 is 1.56 bits per heavy atom. The lowest BCUT2D eigenvalue weighted by atomic mass is 10.1. The van der Waals surface area contributed by atoms with Gasteiger partial charge >= 0.3 is 0 Å². The van der Waals surface area contributed by atoms with E-state index >= 15 is 0 Å². The molecular formula is C15H17BrN2. The second kappa shape index (κ2) is 5.02. The van der Waals surface area contributed by atoms with Crippen LogP contribution in [0.1, 0.15) is 16.7 Å². The van der Waals surface area contributed by atoms with Crippen molar-refractivity contribution in [3.63, 3.8) is 0 Å². The lowest BCUT2D eigenvalue weighted by Crippen LogP contribution is -1.99. The van der Waals surface area contributed by atoms with Gasteiger partial charge in [0.05, 0.1) is 0 Å². The lowest BCUT2D eigenvalue weighted by molar-refractivity contribution is 1.33. The van der Waals surface area contributed by atoms with Gasteiger partial charge in [0.2, 0.25) is 0 Å². The third-order valence-corrected chi connectivity index (χ3v) is 3.47. The number of nitrogen functional groups attached to an aromatic ring is 1. The van der Waals surface area contributed by atoms with Crippen molar-refractivity contribution in [2.45, 2.75) is 20.8 Å². The number of nitrogens with two attached hydrogens (primary N) is 1. The van der Waals surface area contributed by atoms with Crippen molar-refractivity contribution in [1.29, 1.82) is 0 Å². The second-order valence-electron chi connectivity index (χ2n) is 4.61. The van der Waals surface area contributed by atoms with Crippen molar-refractivity contribution in [2.24, 2.45) is 0 Å². The number of halogens is 1. The van der Waals surface area contributed by atoms with Gasteiger partial charge in [-0.3, -0.25) is 0 Å². The predicted molar refractivity (Wildman–Crippen MR) is 82.5 cm³/mol.